The van der Waals surface area contributed by atoms with E-state index in [0.29, 0.717) is 0 Å². The molecule has 0 saturated carbocycles. The Kier molecular flexibility index (Phi) is 6.20. The second-order valence-corrected chi connectivity index (χ2v) is 5.23. The summed E-state index contributed by atoms with van der Waals surface area (Å²) in [4.78, 5) is 0. The third-order valence-electron chi connectivity index (χ3n) is 3.30. The maximum Gasteiger partial charge on any atom is 0.122 e. The van der Waals surface area contributed by atoms with Crippen LogP contribution in [0, 0.1) is 6.92 Å². The number of nitrogens with two attached hydrogens (primary N) is 1. The second-order valence-electron chi connectivity index (χ2n) is 5.23. The molecule has 0 saturated heterocycles. The molecule has 1 atom stereocenters. The highest BCUT2D eigenvalue weighted by Crippen LogP contribution is 2.26. The van der Waals surface area contributed by atoms with Gasteiger partial charge in [0.05, 0.1) is 7.11 Å². The van der Waals surface area contributed by atoms with Gasteiger partial charge in [-0.2, -0.15) is 0 Å². The number of hydrogen-bond acceptors (Lipinski definition) is 2. The fourth-order valence-corrected chi connectivity index (χ4v) is 2.40. The highest BCUT2D eigenvalue weighted by molar-refractivity contribution is 5.43. The summed E-state index contributed by atoms with van der Waals surface area (Å²) in [6.45, 7) is 6.45. The molecule has 0 amide bonds. The first-order chi connectivity index (χ1) is 8.58. The predicted octanol–water partition coefficient (Wildman–Crippen LogP) is 3.63. The quantitative estimate of drug-likeness (QED) is 0.749. The first kappa shape index (κ1) is 15.0. The molecule has 2 heteroatoms. The van der Waals surface area contributed by atoms with Gasteiger partial charge in [0, 0.05) is 6.04 Å². The lowest BCUT2D eigenvalue weighted by Gasteiger charge is -2.15. The number of aryl methyl sites for hydroxylation is 1. The lowest BCUT2D eigenvalue weighted by molar-refractivity contribution is 0.407. The van der Waals surface area contributed by atoms with Crippen molar-refractivity contribution in [1.82, 2.24) is 0 Å². The number of benzene rings is 1. The highest BCUT2D eigenvalue weighted by atomic mass is 16.5. The van der Waals surface area contributed by atoms with E-state index in [4.69, 9.17) is 10.5 Å². The Morgan fingerprint density at radius 1 is 1.28 bits per heavy atom. The topological polar surface area (TPSA) is 35.2 Å². The summed E-state index contributed by atoms with van der Waals surface area (Å²) in [6, 6.07) is 4.60. The largest absolute Gasteiger partial charge is 0.496 e. The SMILES string of the molecule is CCCCCc1c(C)cc(CC(C)N)cc1OC. The summed E-state index contributed by atoms with van der Waals surface area (Å²) in [7, 11) is 1.76. The molecule has 0 radical (unpaired) electrons. The van der Waals surface area contributed by atoms with Gasteiger partial charge in [0.25, 0.3) is 0 Å². The normalized spacial score (nSPS) is 12.5. The lowest BCUT2D eigenvalue weighted by Crippen LogP contribution is -2.18. The van der Waals surface area contributed by atoms with Crippen molar-refractivity contribution in [2.75, 3.05) is 7.11 Å². The van der Waals surface area contributed by atoms with Crippen LogP contribution in [0.3, 0.4) is 0 Å². The Labute approximate surface area is 112 Å². The molecule has 0 aromatic heterocycles. The van der Waals surface area contributed by atoms with E-state index in [-0.39, 0.29) is 6.04 Å². The van der Waals surface area contributed by atoms with Gasteiger partial charge in [0.2, 0.25) is 0 Å². The summed E-state index contributed by atoms with van der Waals surface area (Å²) in [6.07, 6.45) is 5.79. The molecule has 0 spiro atoms. The van der Waals surface area contributed by atoms with Crippen molar-refractivity contribution < 1.29 is 4.74 Å². The summed E-state index contributed by atoms with van der Waals surface area (Å²) >= 11 is 0. The van der Waals surface area contributed by atoms with E-state index in [2.05, 4.69) is 26.0 Å². The van der Waals surface area contributed by atoms with Gasteiger partial charge in [0.1, 0.15) is 5.75 Å². The van der Waals surface area contributed by atoms with E-state index in [1.54, 1.807) is 7.11 Å². The zero-order valence-corrected chi connectivity index (χ0v) is 12.3. The first-order valence-electron chi connectivity index (χ1n) is 7.00. The number of methoxy groups -OCH3 is 1. The molecule has 0 fully saturated rings. The van der Waals surface area contributed by atoms with E-state index in [1.807, 2.05) is 6.92 Å². The number of rotatable bonds is 7. The van der Waals surface area contributed by atoms with Crippen LogP contribution in [0.15, 0.2) is 12.1 Å². The average Bonchev–Trinajstić information content (AvgIpc) is 2.30. The van der Waals surface area contributed by atoms with Crippen molar-refractivity contribution in [3.8, 4) is 5.75 Å². The minimum atomic E-state index is 0.194. The minimum Gasteiger partial charge on any atom is -0.496 e. The molecule has 1 aromatic rings. The van der Waals surface area contributed by atoms with Crippen molar-refractivity contribution >= 4 is 0 Å². The molecule has 0 aliphatic heterocycles. The van der Waals surface area contributed by atoms with Gasteiger partial charge < -0.3 is 10.5 Å². The molecule has 1 aromatic carbocycles. The van der Waals surface area contributed by atoms with Crippen LogP contribution in [0.4, 0.5) is 0 Å². The minimum absolute atomic E-state index is 0.194. The lowest BCUT2D eigenvalue weighted by atomic mass is 9.96. The van der Waals surface area contributed by atoms with Gasteiger partial charge in [-0.1, -0.05) is 25.8 Å². The number of ether oxygens (including phenoxy) is 1. The first-order valence-corrected chi connectivity index (χ1v) is 7.00. The van der Waals surface area contributed by atoms with Gasteiger partial charge in [-0.05, 0) is 55.9 Å². The third-order valence-corrected chi connectivity index (χ3v) is 3.30. The zero-order chi connectivity index (χ0) is 13.5. The molecular weight excluding hydrogens is 222 g/mol. The standard InChI is InChI=1S/C16H27NO/c1-5-6-7-8-15-12(2)9-14(10-13(3)17)11-16(15)18-4/h9,11,13H,5-8,10,17H2,1-4H3. The number of unbranched alkanes of at least 4 members (excludes halogenated alkanes) is 2. The molecule has 102 valence electrons. The van der Waals surface area contributed by atoms with Gasteiger partial charge in [-0.3, -0.25) is 0 Å². The van der Waals surface area contributed by atoms with E-state index in [9.17, 15) is 0 Å². The molecule has 2 nitrogen and oxygen atoms in total. The van der Waals surface area contributed by atoms with Gasteiger partial charge in [0.15, 0.2) is 0 Å². The molecule has 2 N–H and O–H groups in total. The summed E-state index contributed by atoms with van der Waals surface area (Å²) in [5, 5.41) is 0. The van der Waals surface area contributed by atoms with Crippen LogP contribution >= 0.6 is 0 Å². The van der Waals surface area contributed by atoms with Crippen LogP contribution in [-0.4, -0.2) is 13.2 Å². The summed E-state index contributed by atoms with van der Waals surface area (Å²) in [5.41, 5.74) is 9.83. The van der Waals surface area contributed by atoms with Crippen molar-refractivity contribution in [2.24, 2.45) is 5.73 Å². The predicted molar refractivity (Wildman–Crippen MR) is 78.3 cm³/mol. The Bertz CT molecular complexity index is 372. The van der Waals surface area contributed by atoms with Crippen molar-refractivity contribution in [3.05, 3.63) is 28.8 Å². The van der Waals surface area contributed by atoms with Crippen LogP contribution in [0.5, 0.6) is 5.75 Å². The molecular formula is C16H27NO. The van der Waals surface area contributed by atoms with Crippen LogP contribution in [-0.2, 0) is 12.8 Å². The van der Waals surface area contributed by atoms with Crippen molar-refractivity contribution in [1.29, 1.82) is 0 Å². The van der Waals surface area contributed by atoms with Gasteiger partial charge in [-0.25, -0.2) is 0 Å². The molecule has 0 aliphatic carbocycles. The smallest absolute Gasteiger partial charge is 0.122 e. The Morgan fingerprint density at radius 3 is 2.56 bits per heavy atom. The Balaban J connectivity index is 2.89. The van der Waals surface area contributed by atoms with Crippen molar-refractivity contribution in [3.63, 3.8) is 0 Å². The maximum absolute atomic E-state index is 5.86. The Hall–Kier alpha value is -1.02. The third kappa shape index (κ3) is 4.34. The van der Waals surface area contributed by atoms with E-state index in [0.717, 1.165) is 18.6 Å². The van der Waals surface area contributed by atoms with Crippen LogP contribution in [0.2, 0.25) is 0 Å². The number of hydrogen-bond donors (Lipinski definition) is 1. The molecule has 18 heavy (non-hydrogen) atoms. The molecule has 0 bridgehead atoms. The van der Waals surface area contributed by atoms with E-state index in [1.165, 1.54) is 36.0 Å². The molecule has 1 unspecified atom stereocenters. The molecule has 0 heterocycles. The van der Waals surface area contributed by atoms with Gasteiger partial charge in [-0.15, -0.1) is 0 Å². The summed E-state index contributed by atoms with van der Waals surface area (Å²) in [5.74, 6) is 1.03. The molecule has 1 rings (SSSR count). The van der Waals surface area contributed by atoms with Crippen LogP contribution < -0.4 is 10.5 Å². The van der Waals surface area contributed by atoms with Crippen LogP contribution in [0.1, 0.15) is 49.8 Å². The Morgan fingerprint density at radius 2 is 2.00 bits per heavy atom. The van der Waals surface area contributed by atoms with E-state index < -0.39 is 0 Å². The monoisotopic (exact) mass is 249 g/mol. The zero-order valence-electron chi connectivity index (χ0n) is 12.3. The highest BCUT2D eigenvalue weighted by Gasteiger charge is 2.09. The van der Waals surface area contributed by atoms with E-state index >= 15 is 0 Å². The fraction of sp³-hybridized carbons (Fsp3) is 0.625. The van der Waals surface area contributed by atoms with Crippen molar-refractivity contribution in [2.45, 2.75) is 58.9 Å². The second kappa shape index (κ2) is 7.42. The maximum atomic E-state index is 5.86. The fourth-order valence-electron chi connectivity index (χ4n) is 2.40. The average molecular weight is 249 g/mol. The van der Waals surface area contributed by atoms with Crippen LogP contribution in [0.25, 0.3) is 0 Å². The van der Waals surface area contributed by atoms with Gasteiger partial charge >= 0.3 is 0 Å². The summed E-state index contributed by atoms with van der Waals surface area (Å²) < 4.78 is 5.54. The molecule has 0 aliphatic rings.